The highest BCUT2D eigenvalue weighted by atomic mass is 16.5. The van der Waals surface area contributed by atoms with Crippen LogP contribution in [0.15, 0.2) is 24.5 Å². The number of nitrogens with one attached hydrogen (secondary N) is 1. The van der Waals surface area contributed by atoms with Crippen molar-refractivity contribution in [3.63, 3.8) is 0 Å². The van der Waals surface area contributed by atoms with Crippen LogP contribution in [0.3, 0.4) is 0 Å². The second-order valence-corrected chi connectivity index (χ2v) is 4.16. The molecule has 1 aromatic heterocycles. The summed E-state index contributed by atoms with van der Waals surface area (Å²) in [4.78, 5) is 13.9. The Balaban J connectivity index is 1.59. The average molecular weight is 237 g/mol. The van der Waals surface area contributed by atoms with Crippen molar-refractivity contribution in [1.82, 2.24) is 14.8 Å². The molecule has 0 unspecified atom stereocenters. The van der Waals surface area contributed by atoms with Crippen LogP contribution in [0.5, 0.6) is 0 Å². The van der Waals surface area contributed by atoms with Gasteiger partial charge in [-0.1, -0.05) is 0 Å². The van der Waals surface area contributed by atoms with E-state index in [1.807, 2.05) is 29.1 Å². The molecule has 0 bridgehead atoms. The van der Waals surface area contributed by atoms with Crippen LogP contribution in [0.25, 0.3) is 0 Å². The highest BCUT2D eigenvalue weighted by Gasteiger charge is 2.09. The Labute approximate surface area is 101 Å². The van der Waals surface area contributed by atoms with Gasteiger partial charge in [0.15, 0.2) is 0 Å². The maximum absolute atomic E-state index is 11.6. The number of aromatic nitrogens is 1. The third-order valence-electron chi connectivity index (χ3n) is 2.85. The summed E-state index contributed by atoms with van der Waals surface area (Å²) < 4.78 is 7.13. The van der Waals surface area contributed by atoms with Crippen LogP contribution >= 0.6 is 0 Å². The second kappa shape index (κ2) is 6.42. The molecule has 0 aliphatic carbocycles. The fraction of sp³-hybridized carbons (Fsp3) is 0.583. The lowest BCUT2D eigenvalue weighted by molar-refractivity contribution is -0.121. The number of nitrogens with zero attached hydrogens (tertiary/aromatic N) is 2. The van der Waals surface area contributed by atoms with Crippen LogP contribution in [0.2, 0.25) is 0 Å². The number of hydrogen-bond acceptors (Lipinski definition) is 3. The smallest absolute Gasteiger partial charge is 0.239 e. The van der Waals surface area contributed by atoms with E-state index in [9.17, 15) is 4.79 Å². The molecule has 1 fully saturated rings. The van der Waals surface area contributed by atoms with Gasteiger partial charge >= 0.3 is 0 Å². The van der Waals surface area contributed by atoms with Crippen molar-refractivity contribution < 1.29 is 9.53 Å². The average Bonchev–Trinajstić information content (AvgIpc) is 2.83. The highest BCUT2D eigenvalue weighted by Crippen LogP contribution is 1.95. The van der Waals surface area contributed by atoms with Crippen molar-refractivity contribution in [2.24, 2.45) is 0 Å². The summed E-state index contributed by atoms with van der Waals surface area (Å²) in [6.07, 6.45) is 3.78. The quantitative estimate of drug-likeness (QED) is 0.780. The molecule has 1 amide bonds. The van der Waals surface area contributed by atoms with Crippen molar-refractivity contribution in [2.45, 2.75) is 6.54 Å². The largest absolute Gasteiger partial charge is 0.379 e. The summed E-state index contributed by atoms with van der Waals surface area (Å²) in [6, 6.07) is 3.84. The maximum atomic E-state index is 11.6. The van der Waals surface area contributed by atoms with Gasteiger partial charge in [-0.05, 0) is 12.1 Å². The van der Waals surface area contributed by atoms with E-state index in [4.69, 9.17) is 4.74 Å². The van der Waals surface area contributed by atoms with Gasteiger partial charge in [0.2, 0.25) is 5.91 Å². The van der Waals surface area contributed by atoms with Crippen LogP contribution in [-0.2, 0) is 16.1 Å². The topological polar surface area (TPSA) is 46.5 Å². The first-order chi connectivity index (χ1) is 8.34. The van der Waals surface area contributed by atoms with E-state index in [0.29, 0.717) is 13.1 Å². The van der Waals surface area contributed by atoms with Crippen LogP contribution in [0.4, 0.5) is 0 Å². The number of ether oxygens (including phenoxy) is 1. The van der Waals surface area contributed by atoms with E-state index < -0.39 is 0 Å². The molecule has 5 heteroatoms. The lowest BCUT2D eigenvalue weighted by Gasteiger charge is -2.26. The standard InChI is InChI=1S/C12H19N3O2/c16-12(11-15-4-1-2-5-15)13-3-6-14-7-9-17-10-8-14/h1-2,4-5H,3,6-11H2,(H,13,16). The zero-order valence-electron chi connectivity index (χ0n) is 9.97. The van der Waals surface area contributed by atoms with Crippen LogP contribution in [0, 0.1) is 0 Å². The number of amides is 1. The van der Waals surface area contributed by atoms with Gasteiger partial charge in [-0.25, -0.2) is 0 Å². The molecule has 5 nitrogen and oxygen atoms in total. The van der Waals surface area contributed by atoms with E-state index in [2.05, 4.69) is 10.2 Å². The van der Waals surface area contributed by atoms with Crippen LogP contribution in [0.1, 0.15) is 0 Å². The summed E-state index contributed by atoms with van der Waals surface area (Å²) in [7, 11) is 0. The van der Waals surface area contributed by atoms with Crippen LogP contribution in [-0.4, -0.2) is 54.8 Å². The first-order valence-electron chi connectivity index (χ1n) is 6.02. The van der Waals surface area contributed by atoms with E-state index >= 15 is 0 Å². The van der Waals surface area contributed by atoms with Gasteiger partial charge in [0.05, 0.1) is 13.2 Å². The van der Waals surface area contributed by atoms with Gasteiger partial charge in [0.1, 0.15) is 6.54 Å². The molecule has 1 saturated heterocycles. The SMILES string of the molecule is O=C(Cn1cccc1)NCCN1CCOCC1. The van der Waals surface area contributed by atoms with Gasteiger partial charge < -0.3 is 14.6 Å². The summed E-state index contributed by atoms with van der Waals surface area (Å²) >= 11 is 0. The fourth-order valence-electron chi connectivity index (χ4n) is 1.88. The molecular weight excluding hydrogens is 218 g/mol. The zero-order valence-corrected chi connectivity index (χ0v) is 9.97. The van der Waals surface area contributed by atoms with E-state index in [1.54, 1.807) is 0 Å². The molecule has 1 aliphatic heterocycles. The van der Waals surface area contributed by atoms with E-state index in [1.165, 1.54) is 0 Å². The predicted molar refractivity (Wildman–Crippen MR) is 64.7 cm³/mol. The molecule has 0 saturated carbocycles. The monoisotopic (exact) mass is 237 g/mol. The Morgan fingerprint density at radius 1 is 1.24 bits per heavy atom. The minimum atomic E-state index is 0.0643. The minimum absolute atomic E-state index is 0.0643. The highest BCUT2D eigenvalue weighted by molar-refractivity contribution is 5.75. The van der Waals surface area contributed by atoms with Gasteiger partial charge in [-0.3, -0.25) is 9.69 Å². The molecular formula is C12H19N3O2. The third kappa shape index (κ3) is 4.20. The van der Waals surface area contributed by atoms with Gasteiger partial charge in [-0.2, -0.15) is 0 Å². The lowest BCUT2D eigenvalue weighted by Crippen LogP contribution is -2.41. The summed E-state index contributed by atoms with van der Waals surface area (Å²) in [6.45, 7) is 5.55. The normalized spacial score (nSPS) is 16.9. The first kappa shape index (κ1) is 12.1. The Hall–Kier alpha value is -1.33. The molecule has 0 spiro atoms. The minimum Gasteiger partial charge on any atom is -0.379 e. The summed E-state index contributed by atoms with van der Waals surface area (Å²) in [5, 5.41) is 2.93. The molecule has 1 N–H and O–H groups in total. The maximum Gasteiger partial charge on any atom is 0.239 e. The van der Waals surface area contributed by atoms with Crippen LogP contribution < -0.4 is 5.32 Å². The number of hydrogen-bond donors (Lipinski definition) is 1. The Kier molecular flexibility index (Phi) is 4.58. The Bertz CT molecular complexity index is 332. The molecule has 2 heterocycles. The lowest BCUT2D eigenvalue weighted by atomic mass is 10.4. The van der Waals surface area contributed by atoms with E-state index in [0.717, 1.165) is 32.8 Å². The van der Waals surface area contributed by atoms with Crippen molar-refractivity contribution in [3.05, 3.63) is 24.5 Å². The molecule has 17 heavy (non-hydrogen) atoms. The molecule has 1 aromatic rings. The number of rotatable bonds is 5. The number of carbonyl (C=O) groups is 1. The predicted octanol–water partition coefficient (Wildman–Crippen LogP) is -0.0635. The Morgan fingerprint density at radius 3 is 2.65 bits per heavy atom. The molecule has 0 aromatic carbocycles. The first-order valence-corrected chi connectivity index (χ1v) is 6.02. The molecule has 94 valence electrons. The zero-order chi connectivity index (χ0) is 11.9. The third-order valence-corrected chi connectivity index (χ3v) is 2.85. The summed E-state index contributed by atoms with van der Waals surface area (Å²) in [5.74, 6) is 0.0643. The van der Waals surface area contributed by atoms with Crippen molar-refractivity contribution in [2.75, 3.05) is 39.4 Å². The number of carbonyl (C=O) groups excluding carboxylic acids is 1. The van der Waals surface area contributed by atoms with Crippen molar-refractivity contribution in [1.29, 1.82) is 0 Å². The van der Waals surface area contributed by atoms with Crippen molar-refractivity contribution in [3.8, 4) is 0 Å². The molecule has 0 radical (unpaired) electrons. The van der Waals surface area contributed by atoms with Gasteiger partial charge in [-0.15, -0.1) is 0 Å². The number of morpholine rings is 1. The van der Waals surface area contributed by atoms with Gasteiger partial charge in [0.25, 0.3) is 0 Å². The second-order valence-electron chi connectivity index (χ2n) is 4.16. The van der Waals surface area contributed by atoms with Gasteiger partial charge in [0, 0.05) is 38.6 Å². The van der Waals surface area contributed by atoms with Crippen molar-refractivity contribution >= 4 is 5.91 Å². The summed E-state index contributed by atoms with van der Waals surface area (Å²) in [5.41, 5.74) is 0. The van der Waals surface area contributed by atoms with E-state index in [-0.39, 0.29) is 5.91 Å². The molecule has 0 atom stereocenters. The molecule has 2 rings (SSSR count). The Morgan fingerprint density at radius 2 is 1.94 bits per heavy atom. The molecule has 1 aliphatic rings. The fourth-order valence-corrected chi connectivity index (χ4v) is 1.88.